The Morgan fingerprint density at radius 2 is 1.67 bits per heavy atom. The first-order valence-electron chi connectivity index (χ1n) is 8.28. The maximum atomic E-state index is 5.76. The number of imidazole rings is 1. The fraction of sp³-hybridized carbons (Fsp3) is 0.316. The molecule has 0 saturated carbocycles. The predicted octanol–water partition coefficient (Wildman–Crippen LogP) is 4.91. The molecule has 0 aliphatic carbocycles. The fourth-order valence-electron chi connectivity index (χ4n) is 2.26. The first-order chi connectivity index (χ1) is 11.8. The van der Waals surface area contributed by atoms with Crippen LogP contribution in [0.15, 0.2) is 53.7 Å². The summed E-state index contributed by atoms with van der Waals surface area (Å²) in [5.41, 5.74) is 2.07. The van der Waals surface area contributed by atoms with E-state index in [1.165, 1.54) is 0 Å². The van der Waals surface area contributed by atoms with Gasteiger partial charge >= 0.3 is 0 Å². The Kier molecular flexibility index (Phi) is 6.01. The molecule has 0 aliphatic rings. The monoisotopic (exact) mass is 342 g/mol. The average molecular weight is 342 g/mol. The van der Waals surface area contributed by atoms with Crippen LogP contribution >= 0.6 is 11.8 Å². The standard InChI is InChI=1S/C19H22N2O2S/c1-2-3-12-22-15-8-10-16(11-9-15)23-13-14-24-19-20-17-6-4-5-7-18(17)21-19/h4-11H,2-3,12-14H2,1H3,(H,20,21). The van der Waals surface area contributed by atoms with Gasteiger partial charge in [0, 0.05) is 5.75 Å². The van der Waals surface area contributed by atoms with Gasteiger partial charge in [0.25, 0.3) is 0 Å². The Morgan fingerprint density at radius 3 is 2.38 bits per heavy atom. The molecular weight excluding hydrogens is 320 g/mol. The van der Waals surface area contributed by atoms with E-state index in [-0.39, 0.29) is 0 Å². The summed E-state index contributed by atoms with van der Waals surface area (Å²) in [5.74, 6) is 2.60. The van der Waals surface area contributed by atoms with Crippen LogP contribution in [-0.4, -0.2) is 28.9 Å². The van der Waals surface area contributed by atoms with Crippen LogP contribution in [0.3, 0.4) is 0 Å². The van der Waals surface area contributed by atoms with Crippen molar-refractivity contribution in [3.8, 4) is 11.5 Å². The quantitative estimate of drug-likeness (QED) is 0.443. The van der Waals surface area contributed by atoms with Crippen molar-refractivity contribution in [1.82, 2.24) is 9.97 Å². The van der Waals surface area contributed by atoms with E-state index in [0.717, 1.165) is 52.9 Å². The number of benzene rings is 2. The molecule has 0 fully saturated rings. The minimum atomic E-state index is 0.637. The summed E-state index contributed by atoms with van der Waals surface area (Å²) >= 11 is 1.67. The Labute approximate surface area is 146 Å². The van der Waals surface area contributed by atoms with E-state index < -0.39 is 0 Å². The van der Waals surface area contributed by atoms with Crippen molar-refractivity contribution < 1.29 is 9.47 Å². The number of ether oxygens (including phenoxy) is 2. The molecule has 0 spiro atoms. The van der Waals surface area contributed by atoms with Crippen LogP contribution in [0, 0.1) is 0 Å². The fourth-order valence-corrected chi connectivity index (χ4v) is 2.97. The molecule has 0 radical (unpaired) electrons. The molecule has 2 aromatic carbocycles. The van der Waals surface area contributed by atoms with Gasteiger partial charge in [-0.05, 0) is 42.8 Å². The number of fused-ring (bicyclic) bond motifs is 1. The molecular formula is C19H22N2O2S. The van der Waals surface area contributed by atoms with Crippen LogP contribution in [0.25, 0.3) is 11.0 Å². The van der Waals surface area contributed by atoms with E-state index in [0.29, 0.717) is 6.61 Å². The molecule has 0 unspecified atom stereocenters. The topological polar surface area (TPSA) is 47.1 Å². The maximum Gasteiger partial charge on any atom is 0.166 e. The lowest BCUT2D eigenvalue weighted by molar-refractivity contribution is 0.307. The zero-order valence-corrected chi connectivity index (χ0v) is 14.6. The SMILES string of the molecule is CCCCOc1ccc(OCCSc2nc3ccccc3[nH]2)cc1. The molecule has 24 heavy (non-hydrogen) atoms. The van der Waals surface area contributed by atoms with Crippen LogP contribution in [0.1, 0.15) is 19.8 Å². The number of hydrogen-bond donors (Lipinski definition) is 1. The van der Waals surface area contributed by atoms with Crippen molar-refractivity contribution >= 4 is 22.8 Å². The lowest BCUT2D eigenvalue weighted by Crippen LogP contribution is -2.00. The third-order valence-corrected chi connectivity index (χ3v) is 4.39. The molecule has 0 atom stereocenters. The first-order valence-corrected chi connectivity index (χ1v) is 9.27. The summed E-state index contributed by atoms with van der Waals surface area (Å²) in [7, 11) is 0. The van der Waals surface area contributed by atoms with Crippen LogP contribution in [-0.2, 0) is 0 Å². The molecule has 126 valence electrons. The molecule has 3 rings (SSSR count). The van der Waals surface area contributed by atoms with Crippen LogP contribution in [0.5, 0.6) is 11.5 Å². The number of thioether (sulfide) groups is 1. The highest BCUT2D eigenvalue weighted by Crippen LogP contribution is 2.21. The summed E-state index contributed by atoms with van der Waals surface area (Å²) in [6.45, 7) is 3.56. The van der Waals surface area contributed by atoms with E-state index >= 15 is 0 Å². The summed E-state index contributed by atoms with van der Waals surface area (Å²) in [4.78, 5) is 7.85. The van der Waals surface area contributed by atoms with Gasteiger partial charge in [-0.1, -0.05) is 37.2 Å². The Balaban J connectivity index is 1.41. The highest BCUT2D eigenvalue weighted by Gasteiger charge is 2.03. The van der Waals surface area contributed by atoms with Gasteiger partial charge in [-0.3, -0.25) is 0 Å². The predicted molar refractivity (Wildman–Crippen MR) is 99.2 cm³/mol. The molecule has 0 bridgehead atoms. The number of para-hydroxylation sites is 2. The maximum absolute atomic E-state index is 5.76. The number of aromatic nitrogens is 2. The van der Waals surface area contributed by atoms with E-state index in [1.807, 2.05) is 48.5 Å². The summed E-state index contributed by atoms with van der Waals surface area (Å²) < 4.78 is 11.4. The summed E-state index contributed by atoms with van der Waals surface area (Å²) in [6.07, 6.45) is 2.22. The zero-order chi connectivity index (χ0) is 16.6. The molecule has 1 heterocycles. The van der Waals surface area contributed by atoms with E-state index in [9.17, 15) is 0 Å². The number of H-pyrrole nitrogens is 1. The minimum absolute atomic E-state index is 0.637. The number of hydrogen-bond acceptors (Lipinski definition) is 4. The summed E-state index contributed by atoms with van der Waals surface area (Å²) in [5, 5.41) is 0.930. The lowest BCUT2D eigenvalue weighted by Gasteiger charge is -2.08. The summed E-state index contributed by atoms with van der Waals surface area (Å²) in [6, 6.07) is 15.9. The number of nitrogens with zero attached hydrogens (tertiary/aromatic N) is 1. The van der Waals surface area contributed by atoms with Crippen LogP contribution < -0.4 is 9.47 Å². The van der Waals surface area contributed by atoms with Crippen molar-refractivity contribution in [3.63, 3.8) is 0 Å². The largest absolute Gasteiger partial charge is 0.494 e. The molecule has 3 aromatic rings. The first kappa shape index (κ1) is 16.7. The normalized spacial score (nSPS) is 10.9. The van der Waals surface area contributed by atoms with E-state index in [1.54, 1.807) is 11.8 Å². The second kappa shape index (κ2) is 8.64. The smallest absolute Gasteiger partial charge is 0.166 e. The van der Waals surface area contributed by atoms with Gasteiger partial charge in [-0.2, -0.15) is 0 Å². The minimum Gasteiger partial charge on any atom is -0.494 e. The van der Waals surface area contributed by atoms with Gasteiger partial charge < -0.3 is 14.5 Å². The Hall–Kier alpha value is -2.14. The second-order valence-electron chi connectivity index (χ2n) is 5.43. The van der Waals surface area contributed by atoms with Crippen molar-refractivity contribution in [2.75, 3.05) is 19.0 Å². The second-order valence-corrected chi connectivity index (χ2v) is 6.51. The number of nitrogens with one attached hydrogen (secondary N) is 1. The average Bonchev–Trinajstić information content (AvgIpc) is 3.03. The Morgan fingerprint density at radius 1 is 0.958 bits per heavy atom. The highest BCUT2D eigenvalue weighted by molar-refractivity contribution is 7.99. The number of unbranched alkanes of at least 4 members (excludes halogenated alkanes) is 1. The third kappa shape index (κ3) is 4.68. The van der Waals surface area contributed by atoms with Crippen LogP contribution in [0.2, 0.25) is 0 Å². The van der Waals surface area contributed by atoms with Gasteiger partial charge in [0.1, 0.15) is 11.5 Å². The van der Waals surface area contributed by atoms with E-state index in [2.05, 4.69) is 16.9 Å². The van der Waals surface area contributed by atoms with Gasteiger partial charge in [0.05, 0.1) is 24.2 Å². The van der Waals surface area contributed by atoms with E-state index in [4.69, 9.17) is 9.47 Å². The lowest BCUT2D eigenvalue weighted by atomic mass is 10.3. The van der Waals surface area contributed by atoms with Crippen molar-refractivity contribution in [1.29, 1.82) is 0 Å². The zero-order valence-electron chi connectivity index (χ0n) is 13.8. The van der Waals surface area contributed by atoms with Gasteiger partial charge in [0.2, 0.25) is 0 Å². The molecule has 0 amide bonds. The van der Waals surface area contributed by atoms with Crippen molar-refractivity contribution in [2.45, 2.75) is 24.9 Å². The van der Waals surface area contributed by atoms with Crippen LogP contribution in [0.4, 0.5) is 0 Å². The molecule has 0 saturated heterocycles. The third-order valence-electron chi connectivity index (χ3n) is 3.55. The van der Waals surface area contributed by atoms with Gasteiger partial charge in [0.15, 0.2) is 5.16 Å². The highest BCUT2D eigenvalue weighted by atomic mass is 32.2. The van der Waals surface area contributed by atoms with Gasteiger partial charge in [-0.25, -0.2) is 4.98 Å². The number of rotatable bonds is 9. The molecule has 1 aromatic heterocycles. The van der Waals surface area contributed by atoms with Crippen molar-refractivity contribution in [3.05, 3.63) is 48.5 Å². The molecule has 5 heteroatoms. The van der Waals surface area contributed by atoms with Gasteiger partial charge in [-0.15, -0.1) is 0 Å². The van der Waals surface area contributed by atoms with Crippen molar-refractivity contribution in [2.24, 2.45) is 0 Å². The molecule has 4 nitrogen and oxygen atoms in total. The Bertz CT molecular complexity index is 722. The molecule has 0 aliphatic heterocycles. The molecule has 1 N–H and O–H groups in total. The number of aromatic amines is 1.